The molecule has 0 saturated heterocycles. The highest BCUT2D eigenvalue weighted by Gasteiger charge is 2.22. The molecule has 0 aliphatic rings. The number of hydrogen-bond acceptors (Lipinski definition) is 5. The highest BCUT2D eigenvalue weighted by Crippen LogP contribution is 2.31. The molecule has 2 aromatic rings. The predicted molar refractivity (Wildman–Crippen MR) is 108 cm³/mol. The summed E-state index contributed by atoms with van der Waals surface area (Å²) in [5, 5.41) is 7.84. The minimum Gasteiger partial charge on any atom is -0.462 e. The third kappa shape index (κ3) is 5.65. The van der Waals surface area contributed by atoms with Crippen LogP contribution in [-0.4, -0.2) is 24.4 Å². The molecular weight excluding hydrogens is 364 g/mol. The number of carbonyl (C=O) groups excluding carboxylic acids is 3. The lowest BCUT2D eigenvalue weighted by molar-refractivity contribution is -0.114. The maximum atomic E-state index is 12.6. The average molecular weight is 388 g/mol. The van der Waals surface area contributed by atoms with E-state index < -0.39 is 5.97 Å². The molecule has 0 bridgehead atoms. The van der Waals surface area contributed by atoms with E-state index in [0.29, 0.717) is 27.7 Å². The fraction of sp³-hybridized carbons (Fsp3) is 0.350. The van der Waals surface area contributed by atoms with Crippen molar-refractivity contribution in [1.82, 2.24) is 0 Å². The Morgan fingerprint density at radius 2 is 1.78 bits per heavy atom. The highest BCUT2D eigenvalue weighted by atomic mass is 32.1. The summed E-state index contributed by atoms with van der Waals surface area (Å²) in [6, 6.07) is 6.54. The van der Waals surface area contributed by atoms with Crippen LogP contribution in [0.4, 0.5) is 10.7 Å². The molecular formula is C20H24N2O4S. The van der Waals surface area contributed by atoms with Gasteiger partial charge in [0.25, 0.3) is 5.91 Å². The normalized spacial score (nSPS) is 10.6. The zero-order chi connectivity index (χ0) is 20.0. The van der Waals surface area contributed by atoms with Crippen molar-refractivity contribution in [3.63, 3.8) is 0 Å². The number of rotatable bonds is 7. The van der Waals surface area contributed by atoms with E-state index in [4.69, 9.17) is 4.74 Å². The summed E-state index contributed by atoms with van der Waals surface area (Å²) >= 11 is 1.32. The van der Waals surface area contributed by atoms with Crippen LogP contribution in [0.5, 0.6) is 0 Å². The molecule has 0 unspecified atom stereocenters. The fourth-order valence-corrected chi connectivity index (χ4v) is 3.54. The average Bonchev–Trinajstić information content (AvgIpc) is 2.96. The number of ether oxygens (including phenoxy) is 1. The topological polar surface area (TPSA) is 84.5 Å². The van der Waals surface area contributed by atoms with Crippen LogP contribution < -0.4 is 10.6 Å². The molecule has 2 N–H and O–H groups in total. The summed E-state index contributed by atoms with van der Waals surface area (Å²) in [6.07, 6.45) is 0.728. The van der Waals surface area contributed by atoms with Crippen LogP contribution in [-0.2, 0) is 16.0 Å². The van der Waals surface area contributed by atoms with Crippen LogP contribution >= 0.6 is 11.3 Å². The second-order valence-corrected chi connectivity index (χ2v) is 7.38. The zero-order valence-electron chi connectivity index (χ0n) is 15.9. The van der Waals surface area contributed by atoms with Gasteiger partial charge in [0.15, 0.2) is 0 Å². The molecule has 0 aliphatic carbocycles. The molecule has 0 fully saturated rings. The smallest absolute Gasteiger partial charge is 0.341 e. The molecule has 0 spiro atoms. The van der Waals surface area contributed by atoms with Gasteiger partial charge in [-0.1, -0.05) is 13.8 Å². The highest BCUT2D eigenvalue weighted by molar-refractivity contribution is 7.15. The minimum atomic E-state index is -0.425. The predicted octanol–water partition coefficient (Wildman–Crippen LogP) is 4.33. The van der Waals surface area contributed by atoms with E-state index in [1.165, 1.54) is 18.3 Å². The Morgan fingerprint density at radius 1 is 1.11 bits per heavy atom. The number of nitrogens with one attached hydrogen (secondary N) is 2. The summed E-state index contributed by atoms with van der Waals surface area (Å²) in [4.78, 5) is 36.0. The third-order valence-corrected chi connectivity index (χ3v) is 4.61. The first-order valence-electron chi connectivity index (χ1n) is 8.78. The summed E-state index contributed by atoms with van der Waals surface area (Å²) in [5.41, 5.74) is 2.35. The number of esters is 1. The second kappa shape index (κ2) is 9.32. The molecule has 6 nitrogen and oxygen atoms in total. The van der Waals surface area contributed by atoms with Gasteiger partial charge in [-0.25, -0.2) is 4.79 Å². The van der Waals surface area contributed by atoms with E-state index in [-0.39, 0.29) is 18.4 Å². The van der Waals surface area contributed by atoms with Crippen molar-refractivity contribution in [2.75, 3.05) is 17.2 Å². The Balaban J connectivity index is 2.22. The standard InChI is InChI=1S/C20H24N2O4S/c1-5-26-20(25)17-15(10-12(2)3)11-27-19(17)22-18(24)14-6-8-16(9-7-14)21-13(4)23/h6-9,11-12H,5,10H2,1-4H3,(H,21,23)(H,22,24). The van der Waals surface area contributed by atoms with Gasteiger partial charge in [0, 0.05) is 18.2 Å². The molecule has 0 atom stereocenters. The number of anilines is 2. The largest absolute Gasteiger partial charge is 0.462 e. The van der Waals surface area contributed by atoms with Gasteiger partial charge in [-0.2, -0.15) is 0 Å². The third-order valence-electron chi connectivity index (χ3n) is 3.67. The molecule has 144 valence electrons. The van der Waals surface area contributed by atoms with E-state index in [1.54, 1.807) is 31.2 Å². The quantitative estimate of drug-likeness (QED) is 0.691. The van der Waals surface area contributed by atoms with Crippen molar-refractivity contribution in [3.8, 4) is 0 Å². The monoisotopic (exact) mass is 388 g/mol. The van der Waals surface area contributed by atoms with E-state index in [0.717, 1.165) is 12.0 Å². The van der Waals surface area contributed by atoms with Gasteiger partial charge >= 0.3 is 5.97 Å². The molecule has 27 heavy (non-hydrogen) atoms. The fourth-order valence-electron chi connectivity index (χ4n) is 2.59. The lowest BCUT2D eigenvalue weighted by atomic mass is 10.0. The second-order valence-electron chi connectivity index (χ2n) is 6.50. The van der Waals surface area contributed by atoms with Crippen molar-refractivity contribution < 1.29 is 19.1 Å². The number of carbonyl (C=O) groups is 3. The maximum absolute atomic E-state index is 12.6. The van der Waals surface area contributed by atoms with Crippen molar-refractivity contribution >= 4 is 39.8 Å². The Labute approximate surface area is 162 Å². The molecule has 1 heterocycles. The van der Waals surface area contributed by atoms with Crippen molar-refractivity contribution in [3.05, 3.63) is 46.3 Å². The lowest BCUT2D eigenvalue weighted by Crippen LogP contribution is -2.15. The number of hydrogen-bond donors (Lipinski definition) is 2. The zero-order valence-corrected chi connectivity index (χ0v) is 16.7. The molecule has 0 aliphatic heterocycles. The van der Waals surface area contributed by atoms with Gasteiger partial charge in [-0.3, -0.25) is 9.59 Å². The molecule has 7 heteroatoms. The first kappa shape index (κ1) is 20.6. The van der Waals surface area contributed by atoms with E-state index >= 15 is 0 Å². The maximum Gasteiger partial charge on any atom is 0.341 e. The van der Waals surface area contributed by atoms with Crippen molar-refractivity contribution in [2.45, 2.75) is 34.1 Å². The lowest BCUT2D eigenvalue weighted by Gasteiger charge is -2.10. The Morgan fingerprint density at radius 3 is 2.33 bits per heavy atom. The van der Waals surface area contributed by atoms with Gasteiger partial charge < -0.3 is 15.4 Å². The SMILES string of the molecule is CCOC(=O)c1c(CC(C)C)csc1NC(=O)c1ccc(NC(C)=O)cc1. The Kier molecular flexibility index (Phi) is 7.12. The van der Waals surface area contributed by atoms with E-state index in [1.807, 2.05) is 5.38 Å². The van der Waals surface area contributed by atoms with E-state index in [2.05, 4.69) is 24.5 Å². The number of benzene rings is 1. The van der Waals surface area contributed by atoms with Gasteiger partial charge in [-0.05, 0) is 54.5 Å². The summed E-state index contributed by atoms with van der Waals surface area (Å²) in [6.45, 7) is 7.58. The molecule has 2 amide bonds. The van der Waals surface area contributed by atoms with Crippen LogP contribution in [0.15, 0.2) is 29.6 Å². The molecule has 0 radical (unpaired) electrons. The van der Waals surface area contributed by atoms with Crippen LogP contribution in [0.25, 0.3) is 0 Å². The van der Waals surface area contributed by atoms with Crippen LogP contribution in [0, 0.1) is 5.92 Å². The molecule has 2 rings (SSSR count). The summed E-state index contributed by atoms with van der Waals surface area (Å²) in [5.74, 6) is -0.557. The Bertz CT molecular complexity index is 825. The first-order valence-corrected chi connectivity index (χ1v) is 9.66. The van der Waals surface area contributed by atoms with Crippen LogP contribution in [0.2, 0.25) is 0 Å². The molecule has 0 saturated carbocycles. The number of thiophene rings is 1. The number of amides is 2. The van der Waals surface area contributed by atoms with Gasteiger partial charge in [0.2, 0.25) is 5.91 Å². The van der Waals surface area contributed by atoms with Gasteiger partial charge in [0.05, 0.1) is 12.2 Å². The summed E-state index contributed by atoms with van der Waals surface area (Å²) < 4.78 is 5.17. The van der Waals surface area contributed by atoms with Crippen LogP contribution in [0.3, 0.4) is 0 Å². The van der Waals surface area contributed by atoms with Crippen molar-refractivity contribution in [2.24, 2.45) is 5.92 Å². The van der Waals surface area contributed by atoms with Crippen molar-refractivity contribution in [1.29, 1.82) is 0 Å². The summed E-state index contributed by atoms with van der Waals surface area (Å²) in [7, 11) is 0. The first-order chi connectivity index (χ1) is 12.8. The molecule has 1 aromatic carbocycles. The molecule has 1 aromatic heterocycles. The van der Waals surface area contributed by atoms with E-state index in [9.17, 15) is 14.4 Å². The van der Waals surface area contributed by atoms with Crippen LogP contribution in [0.1, 0.15) is 54.0 Å². The minimum absolute atomic E-state index is 0.178. The Hall–Kier alpha value is -2.67. The van der Waals surface area contributed by atoms with Gasteiger partial charge in [0.1, 0.15) is 5.00 Å². The van der Waals surface area contributed by atoms with Gasteiger partial charge in [-0.15, -0.1) is 11.3 Å².